The Kier molecular flexibility index (Phi) is 6.80. The smallest absolute Gasteiger partial charge is 0.142 e. The number of rotatable bonds is 6. The molecule has 2 nitrogen and oxygen atoms in total. The third kappa shape index (κ3) is 5.50. The summed E-state index contributed by atoms with van der Waals surface area (Å²) in [7, 11) is 0. The summed E-state index contributed by atoms with van der Waals surface area (Å²) >= 11 is 7.04. The fourth-order valence-electron chi connectivity index (χ4n) is 2.57. The molecule has 0 radical (unpaired) electrons. The Balaban J connectivity index is 1.84. The molecule has 0 heterocycles. The normalized spacial score (nSPS) is 11.1. The molecule has 138 valence electrons. The largest absolute Gasteiger partial charge is 0.487 e. The van der Waals surface area contributed by atoms with Gasteiger partial charge in [0.2, 0.25) is 0 Å². The molecule has 0 atom stereocenters. The zero-order valence-electron chi connectivity index (χ0n) is 14.8. The summed E-state index contributed by atoms with van der Waals surface area (Å²) < 4.78 is 21.1. The maximum absolute atomic E-state index is 13.4. The van der Waals surface area contributed by atoms with E-state index in [1.807, 2.05) is 30.3 Å². The fraction of sp³-hybridized carbons (Fsp3) is 0.136. The topological polar surface area (TPSA) is 21.6 Å². The first kappa shape index (κ1) is 19.8. The van der Waals surface area contributed by atoms with Crippen molar-refractivity contribution in [2.24, 2.45) is 4.99 Å². The highest BCUT2D eigenvalue weighted by Crippen LogP contribution is 2.33. The lowest BCUT2D eigenvalue weighted by molar-refractivity contribution is 0.303. The molecule has 5 heteroatoms. The number of nitrogens with zero attached hydrogens (tertiary/aromatic N) is 1. The molecule has 3 rings (SSSR count). The first-order valence-electron chi connectivity index (χ1n) is 8.54. The molecule has 0 saturated heterocycles. The lowest BCUT2D eigenvalue weighted by Crippen LogP contribution is -2.00. The van der Waals surface area contributed by atoms with Gasteiger partial charge in [-0.1, -0.05) is 47.1 Å². The van der Waals surface area contributed by atoms with E-state index in [2.05, 4.69) is 55.9 Å². The van der Waals surface area contributed by atoms with Gasteiger partial charge < -0.3 is 4.74 Å². The van der Waals surface area contributed by atoms with Gasteiger partial charge >= 0.3 is 0 Å². The Bertz CT molecular complexity index is 955. The molecule has 0 aliphatic carbocycles. The van der Waals surface area contributed by atoms with Crippen LogP contribution in [0.15, 0.2) is 74.6 Å². The first-order valence-corrected chi connectivity index (χ1v) is 10.1. The predicted molar refractivity (Wildman–Crippen MR) is 116 cm³/mol. The van der Waals surface area contributed by atoms with E-state index < -0.39 is 0 Å². The van der Waals surface area contributed by atoms with Crippen molar-refractivity contribution >= 4 is 43.8 Å². The molecule has 0 spiro atoms. The van der Waals surface area contributed by atoms with Crippen molar-refractivity contribution in [2.45, 2.75) is 20.0 Å². The van der Waals surface area contributed by atoms with E-state index >= 15 is 0 Å². The van der Waals surface area contributed by atoms with Crippen LogP contribution < -0.4 is 4.74 Å². The molecule has 0 fully saturated rings. The van der Waals surface area contributed by atoms with Gasteiger partial charge in [-0.3, -0.25) is 4.99 Å². The monoisotopic (exact) mass is 489 g/mol. The van der Waals surface area contributed by atoms with Crippen LogP contribution in [-0.2, 0) is 13.0 Å². The molecule has 3 aromatic carbocycles. The molecular weight excluding hydrogens is 473 g/mol. The molecule has 0 unspecified atom stereocenters. The molecule has 0 aliphatic rings. The van der Waals surface area contributed by atoms with Gasteiger partial charge in [0.05, 0.1) is 10.2 Å². The van der Waals surface area contributed by atoms with Crippen LogP contribution in [0.25, 0.3) is 0 Å². The van der Waals surface area contributed by atoms with Gasteiger partial charge in [0.1, 0.15) is 18.2 Å². The molecule has 27 heavy (non-hydrogen) atoms. The number of halogens is 3. The van der Waals surface area contributed by atoms with E-state index in [-0.39, 0.29) is 12.4 Å². The number of hydrogen-bond donors (Lipinski definition) is 0. The van der Waals surface area contributed by atoms with Gasteiger partial charge in [-0.05, 0) is 69.9 Å². The molecule has 0 amide bonds. The van der Waals surface area contributed by atoms with Crippen molar-refractivity contribution in [3.05, 3.63) is 92.1 Å². The van der Waals surface area contributed by atoms with Crippen molar-refractivity contribution in [3.63, 3.8) is 0 Å². The van der Waals surface area contributed by atoms with Crippen LogP contribution >= 0.6 is 31.9 Å². The summed E-state index contributed by atoms with van der Waals surface area (Å²) in [4.78, 5) is 4.56. The molecular formula is C22H18Br2FNO. The number of aryl methyl sites for hydroxylation is 1. The summed E-state index contributed by atoms with van der Waals surface area (Å²) in [5.74, 6) is 0.389. The van der Waals surface area contributed by atoms with Crippen LogP contribution in [0, 0.1) is 5.82 Å². The Morgan fingerprint density at radius 2 is 1.78 bits per heavy atom. The maximum Gasteiger partial charge on any atom is 0.142 e. The zero-order valence-corrected chi connectivity index (χ0v) is 17.9. The quantitative estimate of drug-likeness (QED) is 0.333. The maximum atomic E-state index is 13.4. The standard InChI is InChI=1S/C22H18Br2FNO/c1-2-15-6-8-20(9-7-15)26-13-17-11-18(23)12-21(24)22(17)27-14-16-4-3-5-19(25)10-16/h3-13H,2,14H2,1H3. The lowest BCUT2D eigenvalue weighted by atomic mass is 10.1. The lowest BCUT2D eigenvalue weighted by Gasteiger charge is -2.12. The summed E-state index contributed by atoms with van der Waals surface area (Å²) in [5.41, 5.74) is 3.74. The van der Waals surface area contributed by atoms with E-state index in [1.165, 1.54) is 17.7 Å². The predicted octanol–water partition coefficient (Wildman–Crippen LogP) is 7.24. The Hall–Kier alpha value is -1.98. The van der Waals surface area contributed by atoms with E-state index in [9.17, 15) is 4.39 Å². The summed E-state index contributed by atoms with van der Waals surface area (Å²) in [6.07, 6.45) is 2.78. The van der Waals surface area contributed by atoms with Crippen molar-refractivity contribution in [2.75, 3.05) is 0 Å². The number of ether oxygens (including phenoxy) is 1. The zero-order chi connectivity index (χ0) is 19.2. The number of aliphatic imine (C=N–C) groups is 1. The van der Waals surface area contributed by atoms with Crippen molar-refractivity contribution in [3.8, 4) is 5.75 Å². The Morgan fingerprint density at radius 1 is 1.00 bits per heavy atom. The number of hydrogen-bond acceptors (Lipinski definition) is 2. The summed E-state index contributed by atoms with van der Waals surface area (Å²) in [6, 6.07) is 18.4. The second-order valence-corrected chi connectivity index (χ2v) is 7.77. The van der Waals surface area contributed by atoms with Gasteiger partial charge in [-0.15, -0.1) is 0 Å². The van der Waals surface area contributed by atoms with Crippen LogP contribution in [0.3, 0.4) is 0 Å². The second kappa shape index (κ2) is 9.29. The third-order valence-corrected chi connectivity index (χ3v) is 5.05. The summed E-state index contributed by atoms with van der Waals surface area (Å²) in [6.45, 7) is 2.39. The van der Waals surface area contributed by atoms with Crippen molar-refractivity contribution < 1.29 is 9.13 Å². The minimum Gasteiger partial charge on any atom is -0.487 e. The van der Waals surface area contributed by atoms with E-state index in [1.54, 1.807) is 12.3 Å². The van der Waals surface area contributed by atoms with Crippen LogP contribution in [0.1, 0.15) is 23.6 Å². The van der Waals surface area contributed by atoms with Gasteiger partial charge in [0, 0.05) is 16.3 Å². The molecule has 3 aromatic rings. The van der Waals surface area contributed by atoms with Gasteiger partial charge in [0.25, 0.3) is 0 Å². The van der Waals surface area contributed by atoms with Gasteiger partial charge in [0.15, 0.2) is 0 Å². The minimum atomic E-state index is -0.275. The molecule has 0 N–H and O–H groups in total. The molecule has 0 aliphatic heterocycles. The van der Waals surface area contributed by atoms with Crippen LogP contribution in [0.5, 0.6) is 5.75 Å². The van der Waals surface area contributed by atoms with E-state index in [0.29, 0.717) is 5.75 Å². The highest BCUT2D eigenvalue weighted by molar-refractivity contribution is 9.11. The molecule has 0 bridgehead atoms. The average Bonchev–Trinajstić information content (AvgIpc) is 2.66. The SMILES string of the molecule is CCc1ccc(N=Cc2cc(Br)cc(Br)c2OCc2cccc(F)c2)cc1. The second-order valence-electron chi connectivity index (χ2n) is 6.00. The Labute approximate surface area is 175 Å². The molecule has 0 saturated carbocycles. The van der Waals surface area contributed by atoms with Gasteiger partial charge in [-0.25, -0.2) is 4.39 Å². The third-order valence-electron chi connectivity index (χ3n) is 4.01. The fourth-order valence-corrected chi connectivity index (χ4v) is 3.95. The van der Waals surface area contributed by atoms with Crippen LogP contribution in [-0.4, -0.2) is 6.21 Å². The van der Waals surface area contributed by atoms with Crippen molar-refractivity contribution in [1.29, 1.82) is 0 Å². The minimum absolute atomic E-state index is 0.268. The van der Waals surface area contributed by atoms with Crippen LogP contribution in [0.2, 0.25) is 0 Å². The van der Waals surface area contributed by atoms with Gasteiger partial charge in [-0.2, -0.15) is 0 Å². The first-order chi connectivity index (χ1) is 13.0. The van der Waals surface area contributed by atoms with Crippen molar-refractivity contribution in [1.82, 2.24) is 0 Å². The summed E-state index contributed by atoms with van der Waals surface area (Å²) in [5, 5.41) is 0. The number of benzene rings is 3. The van der Waals surface area contributed by atoms with E-state index in [0.717, 1.165) is 32.2 Å². The van der Waals surface area contributed by atoms with E-state index in [4.69, 9.17) is 4.74 Å². The average molecular weight is 491 g/mol. The highest BCUT2D eigenvalue weighted by Gasteiger charge is 2.10. The highest BCUT2D eigenvalue weighted by atomic mass is 79.9. The molecule has 0 aromatic heterocycles. The van der Waals surface area contributed by atoms with Crippen LogP contribution in [0.4, 0.5) is 10.1 Å². The Morgan fingerprint density at radius 3 is 2.48 bits per heavy atom.